The minimum Gasteiger partial charge on any atom is -0.477 e. The topological polar surface area (TPSA) is 47.0 Å². The molecule has 0 bridgehead atoms. The standard InChI is InChI=1S/C14H23N3O/c1-14(2,3)6-7-18-13-10-16-12(9-17-13)8-15-11-4-5-11/h9-11,15H,4-8H2,1-3H3. The highest BCUT2D eigenvalue weighted by atomic mass is 16.5. The fraction of sp³-hybridized carbons (Fsp3) is 0.714. The first-order valence-corrected chi connectivity index (χ1v) is 6.70. The van der Waals surface area contributed by atoms with Gasteiger partial charge in [-0.1, -0.05) is 20.8 Å². The molecule has 0 unspecified atom stereocenters. The maximum Gasteiger partial charge on any atom is 0.232 e. The van der Waals surface area contributed by atoms with Crippen molar-refractivity contribution in [1.82, 2.24) is 15.3 Å². The van der Waals surface area contributed by atoms with E-state index in [2.05, 4.69) is 36.1 Å². The van der Waals surface area contributed by atoms with Crippen molar-refractivity contribution in [2.75, 3.05) is 6.61 Å². The predicted octanol–water partition coefficient (Wildman–Crippen LogP) is 2.54. The van der Waals surface area contributed by atoms with Crippen LogP contribution in [0.5, 0.6) is 5.88 Å². The van der Waals surface area contributed by atoms with E-state index in [0.29, 0.717) is 23.9 Å². The van der Waals surface area contributed by atoms with Crippen molar-refractivity contribution >= 4 is 0 Å². The first kappa shape index (κ1) is 13.3. The molecule has 1 aliphatic rings. The number of nitrogens with zero attached hydrogens (tertiary/aromatic N) is 2. The molecule has 0 radical (unpaired) electrons. The fourth-order valence-corrected chi connectivity index (χ4v) is 1.51. The smallest absolute Gasteiger partial charge is 0.232 e. The van der Waals surface area contributed by atoms with E-state index in [9.17, 15) is 0 Å². The van der Waals surface area contributed by atoms with Gasteiger partial charge in [-0.25, -0.2) is 4.98 Å². The van der Waals surface area contributed by atoms with Crippen LogP contribution in [-0.4, -0.2) is 22.6 Å². The minimum absolute atomic E-state index is 0.293. The molecule has 0 atom stereocenters. The third-order valence-electron chi connectivity index (χ3n) is 2.93. The van der Waals surface area contributed by atoms with Gasteiger partial charge in [0.05, 0.1) is 24.7 Å². The SMILES string of the molecule is CC(C)(C)CCOc1cnc(CNC2CC2)cn1. The molecule has 0 aromatic carbocycles. The summed E-state index contributed by atoms with van der Waals surface area (Å²) in [5, 5.41) is 3.41. The molecule has 2 rings (SSSR count). The summed E-state index contributed by atoms with van der Waals surface area (Å²) >= 11 is 0. The van der Waals surface area contributed by atoms with Crippen molar-refractivity contribution in [3.63, 3.8) is 0 Å². The first-order valence-electron chi connectivity index (χ1n) is 6.70. The Kier molecular flexibility index (Phi) is 4.17. The molecule has 1 aromatic rings. The molecule has 0 saturated heterocycles. The maximum absolute atomic E-state index is 5.58. The molecule has 18 heavy (non-hydrogen) atoms. The van der Waals surface area contributed by atoms with E-state index >= 15 is 0 Å². The number of nitrogens with one attached hydrogen (secondary N) is 1. The molecule has 4 heteroatoms. The average Bonchev–Trinajstić information content (AvgIpc) is 3.10. The van der Waals surface area contributed by atoms with Crippen LogP contribution in [0.15, 0.2) is 12.4 Å². The maximum atomic E-state index is 5.58. The number of hydrogen-bond donors (Lipinski definition) is 1. The van der Waals surface area contributed by atoms with Gasteiger partial charge in [0.25, 0.3) is 0 Å². The summed E-state index contributed by atoms with van der Waals surface area (Å²) in [5.74, 6) is 0.620. The van der Waals surface area contributed by atoms with Gasteiger partial charge in [-0.3, -0.25) is 4.98 Å². The van der Waals surface area contributed by atoms with Gasteiger partial charge in [-0.15, -0.1) is 0 Å². The van der Waals surface area contributed by atoms with E-state index in [0.717, 1.165) is 18.7 Å². The van der Waals surface area contributed by atoms with E-state index in [-0.39, 0.29) is 0 Å². The number of aromatic nitrogens is 2. The van der Waals surface area contributed by atoms with E-state index in [1.807, 2.05) is 0 Å². The summed E-state index contributed by atoms with van der Waals surface area (Å²) in [6, 6.07) is 0.703. The van der Waals surface area contributed by atoms with Gasteiger partial charge in [-0.05, 0) is 24.7 Å². The zero-order valence-corrected chi connectivity index (χ0v) is 11.6. The van der Waals surface area contributed by atoms with Crippen molar-refractivity contribution in [2.45, 2.75) is 52.6 Å². The van der Waals surface area contributed by atoms with Gasteiger partial charge in [0.2, 0.25) is 5.88 Å². The van der Waals surface area contributed by atoms with Crippen LogP contribution in [0.1, 0.15) is 45.7 Å². The average molecular weight is 249 g/mol. The Bertz CT molecular complexity index is 366. The lowest BCUT2D eigenvalue weighted by Crippen LogP contribution is -2.16. The molecular weight excluding hydrogens is 226 g/mol. The highest BCUT2D eigenvalue weighted by Gasteiger charge is 2.20. The molecular formula is C14H23N3O. The summed E-state index contributed by atoms with van der Waals surface area (Å²) in [6.07, 6.45) is 7.11. The zero-order valence-electron chi connectivity index (χ0n) is 11.6. The largest absolute Gasteiger partial charge is 0.477 e. The van der Waals surface area contributed by atoms with Crippen molar-refractivity contribution in [3.05, 3.63) is 18.1 Å². The minimum atomic E-state index is 0.293. The monoisotopic (exact) mass is 249 g/mol. The molecule has 1 aliphatic carbocycles. The molecule has 4 nitrogen and oxygen atoms in total. The molecule has 1 aromatic heterocycles. The van der Waals surface area contributed by atoms with E-state index in [1.54, 1.807) is 12.4 Å². The van der Waals surface area contributed by atoms with E-state index < -0.39 is 0 Å². The van der Waals surface area contributed by atoms with Crippen molar-refractivity contribution in [2.24, 2.45) is 5.41 Å². The van der Waals surface area contributed by atoms with Crippen LogP contribution < -0.4 is 10.1 Å². The summed E-state index contributed by atoms with van der Waals surface area (Å²) in [7, 11) is 0. The Hall–Kier alpha value is -1.16. The quantitative estimate of drug-likeness (QED) is 0.841. The predicted molar refractivity (Wildman–Crippen MR) is 71.5 cm³/mol. The van der Waals surface area contributed by atoms with Crippen molar-refractivity contribution in [3.8, 4) is 5.88 Å². The Morgan fingerprint density at radius 1 is 1.28 bits per heavy atom. The molecule has 1 fully saturated rings. The van der Waals surface area contributed by atoms with E-state index in [1.165, 1.54) is 12.8 Å². The van der Waals surface area contributed by atoms with Crippen LogP contribution in [0, 0.1) is 5.41 Å². The Morgan fingerprint density at radius 3 is 2.61 bits per heavy atom. The Labute approximate surface area is 109 Å². The second-order valence-electron chi connectivity index (χ2n) is 6.16. The van der Waals surface area contributed by atoms with Crippen LogP contribution in [0.4, 0.5) is 0 Å². The van der Waals surface area contributed by atoms with Gasteiger partial charge < -0.3 is 10.1 Å². The van der Waals surface area contributed by atoms with Crippen LogP contribution in [0.3, 0.4) is 0 Å². The van der Waals surface area contributed by atoms with Crippen molar-refractivity contribution < 1.29 is 4.74 Å². The molecule has 1 heterocycles. The molecule has 1 N–H and O–H groups in total. The highest BCUT2D eigenvalue weighted by Crippen LogP contribution is 2.19. The number of rotatable bonds is 6. The van der Waals surface area contributed by atoms with E-state index in [4.69, 9.17) is 4.74 Å². The Balaban J connectivity index is 1.72. The third kappa shape index (κ3) is 5.00. The lowest BCUT2D eigenvalue weighted by atomic mass is 9.93. The summed E-state index contributed by atoms with van der Waals surface area (Å²) in [4.78, 5) is 8.62. The molecule has 100 valence electrons. The van der Waals surface area contributed by atoms with Gasteiger partial charge in [0, 0.05) is 12.6 Å². The summed E-state index contributed by atoms with van der Waals surface area (Å²) in [6.45, 7) is 8.11. The molecule has 0 aliphatic heterocycles. The summed E-state index contributed by atoms with van der Waals surface area (Å²) in [5.41, 5.74) is 1.27. The second kappa shape index (κ2) is 5.65. The lowest BCUT2D eigenvalue weighted by molar-refractivity contribution is 0.235. The number of hydrogen-bond acceptors (Lipinski definition) is 4. The normalized spacial score (nSPS) is 15.7. The van der Waals surface area contributed by atoms with Crippen LogP contribution in [0.25, 0.3) is 0 Å². The highest BCUT2D eigenvalue weighted by molar-refractivity contribution is 5.07. The van der Waals surface area contributed by atoms with Gasteiger partial charge in [-0.2, -0.15) is 0 Å². The second-order valence-corrected chi connectivity index (χ2v) is 6.16. The Morgan fingerprint density at radius 2 is 2.06 bits per heavy atom. The van der Waals surface area contributed by atoms with Crippen LogP contribution in [0.2, 0.25) is 0 Å². The van der Waals surface area contributed by atoms with Crippen LogP contribution in [-0.2, 0) is 6.54 Å². The van der Waals surface area contributed by atoms with Crippen LogP contribution >= 0.6 is 0 Å². The third-order valence-corrected chi connectivity index (χ3v) is 2.93. The summed E-state index contributed by atoms with van der Waals surface area (Å²) < 4.78 is 5.58. The molecule has 1 saturated carbocycles. The van der Waals surface area contributed by atoms with Gasteiger partial charge in [0.15, 0.2) is 0 Å². The molecule has 0 amide bonds. The fourth-order valence-electron chi connectivity index (χ4n) is 1.51. The van der Waals surface area contributed by atoms with Crippen molar-refractivity contribution in [1.29, 1.82) is 0 Å². The van der Waals surface area contributed by atoms with Gasteiger partial charge in [0.1, 0.15) is 0 Å². The van der Waals surface area contributed by atoms with Gasteiger partial charge >= 0.3 is 0 Å². The lowest BCUT2D eigenvalue weighted by Gasteiger charge is -2.17. The first-order chi connectivity index (χ1) is 8.53. The zero-order chi connectivity index (χ0) is 13.0. The number of ether oxygens (including phenoxy) is 1. The molecule has 0 spiro atoms.